The zero-order valence-corrected chi connectivity index (χ0v) is 21.3. The molecule has 0 unspecified atom stereocenters. The number of likely N-dealkylation sites (N-methyl/N-ethyl adjacent to an activating group) is 1. The third kappa shape index (κ3) is 5.08. The summed E-state index contributed by atoms with van der Waals surface area (Å²) in [5.74, 6) is 1.51. The highest BCUT2D eigenvalue weighted by Gasteiger charge is 2.32. The lowest BCUT2D eigenvalue weighted by molar-refractivity contribution is -0.120. The molecular weight excluding hydrogens is 495 g/mol. The average Bonchev–Trinajstić information content (AvgIpc) is 3.67. The van der Waals surface area contributed by atoms with Crippen molar-refractivity contribution in [1.82, 2.24) is 15.2 Å². The maximum Gasteiger partial charge on any atom is 0.247 e. The summed E-state index contributed by atoms with van der Waals surface area (Å²) in [6, 6.07) is 9.71. The van der Waals surface area contributed by atoms with Crippen LogP contribution in [-0.2, 0) is 11.3 Å². The van der Waals surface area contributed by atoms with Crippen LogP contribution in [0.1, 0.15) is 36.6 Å². The quantitative estimate of drug-likeness (QED) is 0.467. The fraction of sp³-hybridized carbons (Fsp3) is 0.357. The number of hydrogen-bond donors (Lipinski definition) is 1. The van der Waals surface area contributed by atoms with Crippen LogP contribution in [0.15, 0.2) is 63.7 Å². The normalized spacial score (nSPS) is 19.9. The Hall–Kier alpha value is -3.36. The van der Waals surface area contributed by atoms with Crippen LogP contribution >= 0.6 is 11.6 Å². The number of fused-ring (bicyclic) bond motifs is 2. The number of anilines is 1. The van der Waals surface area contributed by atoms with E-state index in [1.165, 1.54) is 12.1 Å². The van der Waals surface area contributed by atoms with Crippen LogP contribution in [0, 0.1) is 5.82 Å². The smallest absolute Gasteiger partial charge is 0.247 e. The van der Waals surface area contributed by atoms with Crippen molar-refractivity contribution in [1.29, 1.82) is 0 Å². The van der Waals surface area contributed by atoms with Crippen LogP contribution < -0.4 is 15.0 Å². The Bertz CT molecular complexity index is 1400. The fourth-order valence-corrected chi connectivity index (χ4v) is 5.06. The number of nitrogens with one attached hydrogen (secondary N) is 1. The molecule has 0 radical (unpaired) electrons. The van der Waals surface area contributed by atoms with Gasteiger partial charge in [0.15, 0.2) is 11.5 Å². The molecule has 0 saturated heterocycles. The molecule has 1 aromatic heterocycles. The van der Waals surface area contributed by atoms with Gasteiger partial charge in [-0.3, -0.25) is 4.79 Å². The molecule has 0 bridgehead atoms. The maximum absolute atomic E-state index is 13.2. The Kier molecular flexibility index (Phi) is 6.38. The molecule has 3 heterocycles. The Labute approximate surface area is 219 Å². The highest BCUT2D eigenvalue weighted by atomic mass is 35.5. The number of ether oxygens (including phenoxy) is 1. The molecule has 7 nitrogen and oxygen atoms in total. The number of carbonyl (C=O) groups is 1. The third-order valence-electron chi connectivity index (χ3n) is 7.07. The zero-order chi connectivity index (χ0) is 25.5. The standard InChI is InChI=1S/C28H28ClFN4O3/c1-33-24-13-25-22(32-27(37-25)19-4-5-19)12-26(24)36-16-23(28(33)35)31-10-8-18-9-11-34(15-21(18)29)14-17-2-6-20(30)7-3-17/h2-3,6-7,9,12-13,15,19,23,31H,4-5,8,10-11,14,16H2,1H3/t23-/m0/s1. The Balaban J connectivity index is 1.05. The Morgan fingerprint density at radius 1 is 1.22 bits per heavy atom. The summed E-state index contributed by atoms with van der Waals surface area (Å²) in [5, 5.41) is 4.01. The lowest BCUT2D eigenvalue weighted by atomic mass is 10.1. The molecule has 2 aliphatic heterocycles. The SMILES string of the molecule is CN1C(=O)[C@@H](NCCC2=CCN(Cc3ccc(F)cc3)C=C2Cl)COc2cc3nc(C4CC4)oc3cc21. The second-order valence-corrected chi connectivity index (χ2v) is 10.2. The molecule has 0 spiro atoms. The number of allylic oxidation sites excluding steroid dienone is 1. The summed E-state index contributed by atoms with van der Waals surface area (Å²) in [5.41, 5.74) is 4.16. The summed E-state index contributed by atoms with van der Waals surface area (Å²) in [6.45, 7) is 2.17. The molecule has 3 aliphatic rings. The van der Waals surface area contributed by atoms with E-state index < -0.39 is 6.04 Å². The Morgan fingerprint density at radius 2 is 2.03 bits per heavy atom. The number of hydrogen-bond acceptors (Lipinski definition) is 6. The Morgan fingerprint density at radius 3 is 2.78 bits per heavy atom. The lowest BCUT2D eigenvalue weighted by Crippen LogP contribution is -2.47. The third-order valence-corrected chi connectivity index (χ3v) is 7.41. The van der Waals surface area contributed by atoms with E-state index in [1.807, 2.05) is 18.3 Å². The van der Waals surface area contributed by atoms with Gasteiger partial charge >= 0.3 is 0 Å². The van der Waals surface area contributed by atoms with Gasteiger partial charge in [0.2, 0.25) is 5.91 Å². The van der Waals surface area contributed by atoms with Crippen molar-refractivity contribution in [2.75, 3.05) is 31.6 Å². The summed E-state index contributed by atoms with van der Waals surface area (Å²) in [7, 11) is 1.76. The van der Waals surface area contributed by atoms with Crippen LogP contribution in [0.3, 0.4) is 0 Å². The van der Waals surface area contributed by atoms with Gasteiger partial charge in [-0.05, 0) is 42.5 Å². The molecule has 37 heavy (non-hydrogen) atoms. The van der Waals surface area contributed by atoms with Gasteiger partial charge in [-0.1, -0.05) is 29.8 Å². The summed E-state index contributed by atoms with van der Waals surface area (Å²) < 4.78 is 25.1. The first-order valence-electron chi connectivity index (χ1n) is 12.6. The van der Waals surface area contributed by atoms with Crippen molar-refractivity contribution in [2.45, 2.75) is 37.8 Å². The van der Waals surface area contributed by atoms with Crippen LogP contribution in [-0.4, -0.2) is 48.6 Å². The number of nitrogens with zero attached hydrogens (tertiary/aromatic N) is 3. The number of carbonyl (C=O) groups excluding carboxylic acids is 1. The monoisotopic (exact) mass is 522 g/mol. The highest BCUT2D eigenvalue weighted by molar-refractivity contribution is 6.32. The first-order valence-corrected chi connectivity index (χ1v) is 13.0. The van der Waals surface area contributed by atoms with E-state index in [-0.39, 0.29) is 18.3 Å². The van der Waals surface area contributed by atoms with Gasteiger partial charge in [0.1, 0.15) is 29.7 Å². The van der Waals surface area contributed by atoms with E-state index in [0.29, 0.717) is 54.0 Å². The number of amides is 1. The van der Waals surface area contributed by atoms with Gasteiger partial charge < -0.3 is 24.3 Å². The average molecular weight is 523 g/mol. The zero-order valence-electron chi connectivity index (χ0n) is 20.5. The largest absolute Gasteiger partial charge is 0.489 e. The van der Waals surface area contributed by atoms with Crippen LogP contribution in [0.2, 0.25) is 0 Å². The molecule has 1 amide bonds. The van der Waals surface area contributed by atoms with Crippen molar-refractivity contribution < 1.29 is 18.3 Å². The van der Waals surface area contributed by atoms with E-state index in [1.54, 1.807) is 24.1 Å². The van der Waals surface area contributed by atoms with Gasteiger partial charge in [-0.25, -0.2) is 9.37 Å². The summed E-state index contributed by atoms with van der Waals surface area (Å²) in [4.78, 5) is 21.5. The predicted octanol–water partition coefficient (Wildman–Crippen LogP) is 5.07. The summed E-state index contributed by atoms with van der Waals surface area (Å²) in [6.07, 6.45) is 6.92. The minimum Gasteiger partial charge on any atom is -0.489 e. The molecule has 2 aromatic carbocycles. The van der Waals surface area contributed by atoms with Crippen molar-refractivity contribution in [3.8, 4) is 5.75 Å². The fourth-order valence-electron chi connectivity index (χ4n) is 4.75. The molecule has 3 aromatic rings. The molecule has 1 fully saturated rings. The number of halogens is 2. The van der Waals surface area contributed by atoms with Crippen molar-refractivity contribution in [3.05, 3.63) is 76.6 Å². The van der Waals surface area contributed by atoms with Crippen LogP contribution in [0.4, 0.5) is 10.1 Å². The van der Waals surface area contributed by atoms with E-state index in [9.17, 15) is 9.18 Å². The predicted molar refractivity (Wildman–Crippen MR) is 140 cm³/mol. The van der Waals surface area contributed by atoms with Gasteiger partial charge in [0.05, 0.1) is 10.7 Å². The first-order chi connectivity index (χ1) is 17.9. The second-order valence-electron chi connectivity index (χ2n) is 9.84. The molecular formula is C28H28ClFN4O3. The maximum atomic E-state index is 13.2. The van der Waals surface area contributed by atoms with Crippen molar-refractivity contribution in [2.24, 2.45) is 0 Å². The molecule has 1 saturated carbocycles. The second kappa shape index (κ2) is 9.84. The molecule has 6 rings (SSSR count). The number of benzene rings is 2. The van der Waals surface area contributed by atoms with Gasteiger partial charge in [0, 0.05) is 50.9 Å². The van der Waals surface area contributed by atoms with E-state index in [0.717, 1.165) is 35.4 Å². The number of oxazole rings is 1. The van der Waals surface area contributed by atoms with Crippen LogP contribution in [0.5, 0.6) is 5.75 Å². The van der Waals surface area contributed by atoms with E-state index in [2.05, 4.69) is 21.3 Å². The molecule has 1 aliphatic carbocycles. The van der Waals surface area contributed by atoms with Crippen molar-refractivity contribution in [3.63, 3.8) is 0 Å². The molecule has 192 valence electrons. The molecule has 1 N–H and O–H groups in total. The van der Waals surface area contributed by atoms with E-state index in [4.69, 9.17) is 20.8 Å². The minimum atomic E-state index is -0.486. The number of rotatable bonds is 7. The van der Waals surface area contributed by atoms with Crippen molar-refractivity contribution >= 4 is 34.3 Å². The number of aromatic nitrogens is 1. The van der Waals surface area contributed by atoms with E-state index >= 15 is 0 Å². The van der Waals surface area contributed by atoms with Crippen LogP contribution in [0.25, 0.3) is 11.1 Å². The molecule has 9 heteroatoms. The topological polar surface area (TPSA) is 70.8 Å². The molecule has 1 atom stereocenters. The van der Waals surface area contributed by atoms with Gasteiger partial charge in [-0.2, -0.15) is 0 Å². The minimum absolute atomic E-state index is 0.0650. The lowest BCUT2D eigenvalue weighted by Gasteiger charge is -2.25. The van der Waals surface area contributed by atoms with Gasteiger partial charge in [-0.15, -0.1) is 0 Å². The van der Waals surface area contributed by atoms with Gasteiger partial charge in [0.25, 0.3) is 0 Å². The summed E-state index contributed by atoms with van der Waals surface area (Å²) >= 11 is 6.55. The highest BCUT2D eigenvalue weighted by Crippen LogP contribution is 2.42. The first kappa shape index (κ1) is 24.0.